The third kappa shape index (κ3) is 6.02. The number of hydrogen-bond acceptors (Lipinski definition) is 5. The largest absolute Gasteiger partial charge is 0.481 e. The molecule has 1 amide bonds. The van der Waals surface area contributed by atoms with Gasteiger partial charge in [0.05, 0.1) is 18.7 Å². The summed E-state index contributed by atoms with van der Waals surface area (Å²) in [5, 5.41) is 17.3. The number of carboxylic acids is 1. The van der Waals surface area contributed by atoms with Crippen molar-refractivity contribution in [2.75, 3.05) is 11.4 Å². The lowest BCUT2D eigenvalue weighted by Gasteiger charge is -2.23. The quantitative estimate of drug-likeness (QED) is 0.207. The third-order valence-electron chi connectivity index (χ3n) is 6.08. The van der Waals surface area contributed by atoms with Gasteiger partial charge in [-0.3, -0.25) is 9.59 Å². The molecule has 4 aromatic carbocycles. The van der Waals surface area contributed by atoms with E-state index in [1.54, 1.807) is 23.5 Å². The number of carbonyl (C=O) groups excluding carboxylic acids is 1. The first-order valence-electron chi connectivity index (χ1n) is 12.0. The van der Waals surface area contributed by atoms with Gasteiger partial charge in [0, 0.05) is 33.8 Å². The standard InChI is InChI=1S/C30H24ClN3O3S/c31-25-11-7-22(8-12-25)27-19-38-30(33-27)34(18-20-5-6-21-3-1-2-4-24(21)17-20)26-13-9-23(10-14-26)29(37)32-16-15-28(35)36/h1-14,17,19H,15-16,18H2,(H,32,37)(H,35,36). The number of thiazole rings is 1. The predicted molar refractivity (Wildman–Crippen MR) is 153 cm³/mol. The van der Waals surface area contributed by atoms with Crippen molar-refractivity contribution in [1.29, 1.82) is 0 Å². The number of carboxylic acid groups (broad SMARTS) is 1. The maximum absolute atomic E-state index is 12.4. The molecule has 190 valence electrons. The third-order valence-corrected chi connectivity index (χ3v) is 7.20. The van der Waals surface area contributed by atoms with E-state index >= 15 is 0 Å². The van der Waals surface area contributed by atoms with Crippen LogP contribution < -0.4 is 10.2 Å². The first kappa shape index (κ1) is 25.4. The highest BCUT2D eigenvalue weighted by Gasteiger charge is 2.17. The van der Waals surface area contributed by atoms with Crippen LogP contribution in [0.2, 0.25) is 5.02 Å². The predicted octanol–water partition coefficient (Wildman–Crippen LogP) is 7.16. The lowest BCUT2D eigenvalue weighted by Crippen LogP contribution is -2.26. The highest BCUT2D eigenvalue weighted by molar-refractivity contribution is 7.14. The van der Waals surface area contributed by atoms with Crippen molar-refractivity contribution in [3.05, 3.63) is 113 Å². The number of rotatable bonds is 9. The fourth-order valence-electron chi connectivity index (χ4n) is 4.11. The summed E-state index contributed by atoms with van der Waals surface area (Å²) in [7, 11) is 0. The summed E-state index contributed by atoms with van der Waals surface area (Å²) in [6.45, 7) is 0.666. The highest BCUT2D eigenvalue weighted by atomic mass is 35.5. The Morgan fingerprint density at radius 1 is 0.921 bits per heavy atom. The zero-order valence-corrected chi connectivity index (χ0v) is 21.9. The van der Waals surface area contributed by atoms with Crippen LogP contribution in [0.4, 0.5) is 10.8 Å². The summed E-state index contributed by atoms with van der Waals surface area (Å²) in [4.78, 5) is 30.2. The Balaban J connectivity index is 1.44. The number of benzene rings is 4. The van der Waals surface area contributed by atoms with Crippen LogP contribution in [0.15, 0.2) is 96.4 Å². The molecule has 0 aliphatic rings. The summed E-state index contributed by atoms with van der Waals surface area (Å²) >= 11 is 7.61. The van der Waals surface area contributed by atoms with Gasteiger partial charge in [-0.15, -0.1) is 11.3 Å². The van der Waals surface area contributed by atoms with Crippen molar-refractivity contribution in [3.8, 4) is 11.3 Å². The fourth-order valence-corrected chi connectivity index (χ4v) is 5.09. The van der Waals surface area contributed by atoms with Gasteiger partial charge in [-0.1, -0.05) is 60.1 Å². The Kier molecular flexibility index (Phi) is 7.67. The van der Waals surface area contributed by atoms with Crippen LogP contribution >= 0.6 is 22.9 Å². The van der Waals surface area contributed by atoms with E-state index in [9.17, 15) is 9.59 Å². The second-order valence-corrected chi connectivity index (χ2v) is 10.0. The zero-order valence-electron chi connectivity index (χ0n) is 20.3. The van der Waals surface area contributed by atoms with Gasteiger partial charge in [-0.05, 0) is 58.8 Å². The van der Waals surface area contributed by atoms with Gasteiger partial charge >= 0.3 is 5.97 Å². The Labute approximate surface area is 229 Å². The molecule has 0 atom stereocenters. The number of aliphatic carboxylic acids is 1. The van der Waals surface area contributed by atoms with Gasteiger partial charge in [0.25, 0.3) is 5.91 Å². The molecule has 38 heavy (non-hydrogen) atoms. The van der Waals surface area contributed by atoms with Crippen molar-refractivity contribution in [2.45, 2.75) is 13.0 Å². The molecule has 6 nitrogen and oxygen atoms in total. The molecular weight excluding hydrogens is 518 g/mol. The van der Waals surface area contributed by atoms with Crippen LogP contribution in [0.5, 0.6) is 0 Å². The molecule has 2 N–H and O–H groups in total. The minimum absolute atomic E-state index is 0.0800. The maximum Gasteiger partial charge on any atom is 0.305 e. The van der Waals surface area contributed by atoms with Gasteiger partial charge < -0.3 is 15.3 Å². The molecule has 8 heteroatoms. The van der Waals surface area contributed by atoms with E-state index in [0.717, 1.165) is 27.6 Å². The molecule has 5 aromatic rings. The second kappa shape index (κ2) is 11.5. The maximum atomic E-state index is 12.4. The Hall–Kier alpha value is -4.20. The zero-order chi connectivity index (χ0) is 26.5. The molecule has 0 spiro atoms. The van der Waals surface area contributed by atoms with Crippen LogP contribution in [0.1, 0.15) is 22.3 Å². The second-order valence-electron chi connectivity index (χ2n) is 8.74. The summed E-state index contributed by atoms with van der Waals surface area (Å²) < 4.78 is 0. The molecular formula is C30H24ClN3O3S. The Morgan fingerprint density at radius 2 is 1.66 bits per heavy atom. The SMILES string of the molecule is O=C(O)CCNC(=O)c1ccc(N(Cc2ccc3ccccc3c2)c2nc(-c3ccc(Cl)cc3)cs2)cc1. The molecule has 0 aliphatic heterocycles. The number of carbonyl (C=O) groups is 2. The highest BCUT2D eigenvalue weighted by Crippen LogP contribution is 2.34. The Bertz CT molecular complexity index is 1580. The topological polar surface area (TPSA) is 82.5 Å². The van der Waals surface area contributed by atoms with Crippen molar-refractivity contribution >= 4 is 56.4 Å². The van der Waals surface area contributed by atoms with E-state index in [4.69, 9.17) is 21.7 Å². The van der Waals surface area contributed by atoms with E-state index in [1.165, 1.54) is 10.8 Å². The van der Waals surface area contributed by atoms with Gasteiger partial charge in [0.2, 0.25) is 0 Å². The van der Waals surface area contributed by atoms with Gasteiger partial charge in [0.1, 0.15) is 0 Å². The molecule has 5 rings (SSSR count). The number of anilines is 2. The van der Waals surface area contributed by atoms with Gasteiger partial charge in [-0.2, -0.15) is 0 Å². The van der Waals surface area contributed by atoms with Crippen molar-refractivity contribution in [2.24, 2.45) is 0 Å². The molecule has 1 aromatic heterocycles. The molecule has 0 aliphatic carbocycles. The first-order chi connectivity index (χ1) is 18.5. The number of nitrogens with zero attached hydrogens (tertiary/aromatic N) is 2. The number of aromatic nitrogens is 1. The lowest BCUT2D eigenvalue weighted by atomic mass is 10.1. The van der Waals surface area contributed by atoms with Crippen molar-refractivity contribution in [1.82, 2.24) is 10.3 Å². The van der Waals surface area contributed by atoms with E-state index in [-0.39, 0.29) is 18.9 Å². The minimum atomic E-state index is -0.952. The summed E-state index contributed by atoms with van der Waals surface area (Å²) in [6, 6.07) is 29.5. The average Bonchev–Trinajstić information content (AvgIpc) is 3.42. The molecule has 0 fully saturated rings. The van der Waals surface area contributed by atoms with Gasteiger partial charge in [-0.25, -0.2) is 4.98 Å². The molecule has 1 heterocycles. The number of nitrogens with one attached hydrogen (secondary N) is 1. The number of hydrogen-bond donors (Lipinski definition) is 2. The molecule has 0 saturated carbocycles. The van der Waals surface area contributed by atoms with Crippen LogP contribution in [-0.2, 0) is 11.3 Å². The normalized spacial score (nSPS) is 10.9. The van der Waals surface area contributed by atoms with E-state index in [0.29, 0.717) is 17.1 Å². The summed E-state index contributed by atoms with van der Waals surface area (Å²) in [5.74, 6) is -1.26. The Morgan fingerprint density at radius 3 is 2.39 bits per heavy atom. The lowest BCUT2D eigenvalue weighted by molar-refractivity contribution is -0.136. The van der Waals surface area contributed by atoms with Crippen molar-refractivity contribution in [3.63, 3.8) is 0 Å². The molecule has 0 unspecified atom stereocenters. The van der Waals surface area contributed by atoms with Crippen LogP contribution in [-0.4, -0.2) is 28.5 Å². The van der Waals surface area contributed by atoms with Crippen LogP contribution in [0, 0.1) is 0 Å². The number of halogens is 1. The van der Waals surface area contributed by atoms with E-state index in [1.807, 2.05) is 53.9 Å². The van der Waals surface area contributed by atoms with E-state index < -0.39 is 5.97 Å². The summed E-state index contributed by atoms with van der Waals surface area (Å²) in [5.41, 5.74) is 4.32. The monoisotopic (exact) mass is 541 g/mol. The number of amides is 1. The van der Waals surface area contributed by atoms with Crippen LogP contribution in [0.3, 0.4) is 0 Å². The van der Waals surface area contributed by atoms with Crippen LogP contribution in [0.25, 0.3) is 22.0 Å². The first-order valence-corrected chi connectivity index (χ1v) is 13.3. The summed E-state index contributed by atoms with van der Waals surface area (Å²) in [6.07, 6.45) is -0.122. The van der Waals surface area contributed by atoms with Gasteiger partial charge in [0.15, 0.2) is 5.13 Å². The average molecular weight is 542 g/mol. The molecule has 0 radical (unpaired) electrons. The molecule has 0 saturated heterocycles. The number of fused-ring (bicyclic) bond motifs is 1. The minimum Gasteiger partial charge on any atom is -0.481 e. The van der Waals surface area contributed by atoms with Crippen molar-refractivity contribution < 1.29 is 14.7 Å². The smallest absolute Gasteiger partial charge is 0.305 e. The van der Waals surface area contributed by atoms with E-state index in [2.05, 4.69) is 40.5 Å². The fraction of sp³-hybridized carbons (Fsp3) is 0.100. The molecule has 0 bridgehead atoms.